The Labute approximate surface area is 595 Å². The Hall–Kier alpha value is -8.16. The lowest BCUT2D eigenvalue weighted by molar-refractivity contribution is -0.364. The highest BCUT2D eigenvalue weighted by Gasteiger charge is 2.57. The molecule has 4 saturated heterocycles. The number of phenolic OH excluding ortho intramolecular Hbond substituents is 3. The molecule has 1 spiro atoms. The van der Waals surface area contributed by atoms with Crippen LogP contribution >= 0.6 is 0 Å². The van der Waals surface area contributed by atoms with E-state index in [2.05, 4.69) is 29.1 Å². The first-order chi connectivity index (χ1) is 48.9. The number of nitrogens with one attached hydrogen (secondary N) is 1. The van der Waals surface area contributed by atoms with Gasteiger partial charge >= 0.3 is 17.7 Å². The molecule has 558 valence electrons. The topological polar surface area (TPSA) is 370 Å². The van der Waals surface area contributed by atoms with E-state index in [1.165, 1.54) is 41.4 Å². The number of benzene rings is 4. The van der Waals surface area contributed by atoms with Crippen LogP contribution in [-0.4, -0.2) is 198 Å². The third-order valence-electron chi connectivity index (χ3n) is 21.7. The van der Waals surface area contributed by atoms with Crippen LogP contribution in [0.5, 0.6) is 46.0 Å². The summed E-state index contributed by atoms with van der Waals surface area (Å²) in [5.41, 5.74) is 1.90. The van der Waals surface area contributed by atoms with Crippen molar-refractivity contribution in [2.75, 3.05) is 66.3 Å². The van der Waals surface area contributed by atoms with Crippen molar-refractivity contribution in [1.82, 2.24) is 4.90 Å². The first-order valence-electron chi connectivity index (χ1n) is 35.0. The molecule has 13 rings (SSSR count). The zero-order chi connectivity index (χ0) is 74.2. The van der Waals surface area contributed by atoms with Gasteiger partial charge in [-0.15, -0.1) is 0 Å². The number of aliphatic hydroxyl groups is 4. The minimum atomic E-state index is -1.95. The number of aromatic hydroxyl groups is 3. The summed E-state index contributed by atoms with van der Waals surface area (Å²) in [5.74, 6) is -7.59. The number of phenols is 3. The SMILES string of the molecule is CO[C@H]1/C=C/O[C@@]2(C)Oc3c(C)c(O)c4c(O)c(c5c(c4c3C2=O)NC2(CCN(CC(C)C)CC2)N=5)=NC(=O)/C(C)=C\C=C\[C@H](C)[C@H](O)[C@@H](C)[C@@H](O)[C@@H](C)[C@H](OC(C)=O)[C@@H]1C.COc1cc([C@@H]2c3cc4c(cc3[C@@H](O[C@@H]3O[C@@H]5CO[C@@H](C)O[C@H]5[C@H](O)[C@H]3O)[C@H]3COC(=O)[C@H]23)OCO4)cc(OC)c1O. The lowest BCUT2D eigenvalue weighted by Crippen LogP contribution is -2.63. The molecule has 4 bridgehead atoms. The van der Waals surface area contributed by atoms with Gasteiger partial charge in [0.25, 0.3) is 11.7 Å². The van der Waals surface area contributed by atoms with E-state index in [1.807, 2.05) is 0 Å². The van der Waals surface area contributed by atoms with E-state index in [-0.39, 0.29) is 86.9 Å². The molecule has 8 N–H and O–H groups in total. The maximum Gasteiger partial charge on any atom is 0.312 e. The molecule has 0 unspecified atom stereocenters. The molecule has 28 nitrogen and oxygen atoms in total. The molecule has 4 aromatic carbocycles. The number of carbonyl (C=O) groups excluding carboxylic acids is 4. The Morgan fingerprint density at radius 2 is 1.47 bits per heavy atom. The van der Waals surface area contributed by atoms with Crippen LogP contribution in [-0.2, 0) is 52.3 Å². The van der Waals surface area contributed by atoms with Gasteiger partial charge in [0, 0.05) is 105 Å². The summed E-state index contributed by atoms with van der Waals surface area (Å²) in [6, 6.07) is 6.93. The van der Waals surface area contributed by atoms with E-state index in [0.717, 1.165) is 19.6 Å². The minimum absolute atomic E-state index is 0.0301. The van der Waals surface area contributed by atoms with E-state index < -0.39 is 150 Å². The summed E-state index contributed by atoms with van der Waals surface area (Å²) < 4.78 is 75.5. The Balaban J connectivity index is 0.000000207. The maximum absolute atomic E-state index is 14.7. The van der Waals surface area contributed by atoms with E-state index in [1.54, 1.807) is 97.0 Å². The number of ketones is 1. The highest BCUT2D eigenvalue weighted by molar-refractivity contribution is 6.21. The number of carbonyl (C=O) groups is 4. The van der Waals surface area contributed by atoms with Crippen LogP contribution in [0.25, 0.3) is 10.8 Å². The smallest absolute Gasteiger partial charge is 0.312 e. The average molecular weight is 1440 g/mol. The van der Waals surface area contributed by atoms with Crippen molar-refractivity contribution in [3.63, 3.8) is 0 Å². The van der Waals surface area contributed by atoms with Gasteiger partial charge in [0.1, 0.15) is 58.4 Å². The molecule has 8 aliphatic heterocycles. The van der Waals surface area contributed by atoms with Crippen LogP contribution in [0.15, 0.2) is 70.4 Å². The van der Waals surface area contributed by atoms with Crippen LogP contribution in [0.1, 0.15) is 127 Å². The fourth-order valence-electron chi connectivity index (χ4n) is 16.0. The maximum atomic E-state index is 14.7. The first kappa shape index (κ1) is 74.6. The Bertz CT molecular complexity index is 4160. The number of fused-ring (bicyclic) bond motifs is 5. The normalized spacial score (nSPS) is 34.2. The molecule has 19 atom stereocenters. The highest BCUT2D eigenvalue weighted by atomic mass is 16.8. The Morgan fingerprint density at radius 3 is 2.12 bits per heavy atom. The number of rotatable bonds is 9. The van der Waals surface area contributed by atoms with Gasteiger partial charge in [0.15, 0.2) is 41.3 Å². The quantitative estimate of drug-likeness (QED) is 0.0694. The van der Waals surface area contributed by atoms with Gasteiger partial charge in [0.05, 0.1) is 80.7 Å². The van der Waals surface area contributed by atoms with E-state index in [4.69, 9.17) is 66.6 Å². The fraction of sp³-hybridized carbons (Fsp3) is 0.573. The molecule has 1 amide bonds. The van der Waals surface area contributed by atoms with Gasteiger partial charge in [-0.25, -0.2) is 4.99 Å². The van der Waals surface area contributed by atoms with Crippen molar-refractivity contribution in [2.45, 2.75) is 174 Å². The molecule has 4 fully saturated rings. The highest BCUT2D eigenvalue weighted by Crippen LogP contribution is 2.58. The minimum Gasteiger partial charge on any atom is -0.507 e. The summed E-state index contributed by atoms with van der Waals surface area (Å²) in [5, 5.41) is 83.1. The van der Waals surface area contributed by atoms with Crippen LogP contribution in [0.2, 0.25) is 0 Å². The number of allylic oxidation sites excluding steroid dienone is 2. The molecule has 1 aliphatic carbocycles. The van der Waals surface area contributed by atoms with Gasteiger partial charge in [0.2, 0.25) is 12.5 Å². The molecular weight excluding hydrogens is 1340 g/mol. The summed E-state index contributed by atoms with van der Waals surface area (Å²) in [7, 11) is 4.33. The first-order valence-corrected chi connectivity index (χ1v) is 35.0. The number of ether oxygens (including phenoxy) is 13. The number of amides is 1. The van der Waals surface area contributed by atoms with Crippen molar-refractivity contribution in [1.29, 1.82) is 0 Å². The third kappa shape index (κ3) is 13.8. The molecule has 28 heteroatoms. The second kappa shape index (κ2) is 29.4. The molecular formula is C75H94N4O24. The van der Waals surface area contributed by atoms with Crippen LogP contribution in [0.3, 0.4) is 0 Å². The number of cyclic esters (lactones) is 1. The predicted molar refractivity (Wildman–Crippen MR) is 366 cm³/mol. The van der Waals surface area contributed by atoms with Gasteiger partial charge in [-0.2, -0.15) is 0 Å². The molecule has 0 saturated carbocycles. The van der Waals surface area contributed by atoms with Crippen molar-refractivity contribution in [2.24, 2.45) is 51.4 Å². The zero-order valence-electron chi connectivity index (χ0n) is 60.2. The van der Waals surface area contributed by atoms with Gasteiger partial charge in [-0.1, -0.05) is 59.8 Å². The van der Waals surface area contributed by atoms with Gasteiger partial charge in [-0.05, 0) is 73.7 Å². The number of likely N-dealkylation sites (tertiary alicyclic amines) is 1. The molecule has 4 aromatic rings. The van der Waals surface area contributed by atoms with Crippen LogP contribution < -0.4 is 39.7 Å². The number of esters is 2. The van der Waals surface area contributed by atoms with Crippen molar-refractivity contribution >= 4 is 40.1 Å². The van der Waals surface area contributed by atoms with Crippen LogP contribution in [0, 0.1) is 48.3 Å². The Kier molecular flexibility index (Phi) is 21.3. The number of anilines is 1. The second-order valence-corrected chi connectivity index (χ2v) is 29.0. The van der Waals surface area contributed by atoms with Gasteiger partial charge in [-0.3, -0.25) is 24.2 Å². The average Bonchev–Trinajstić information content (AvgIpc) is 1.49. The molecule has 0 radical (unpaired) electrons. The van der Waals surface area contributed by atoms with Crippen LogP contribution in [0.4, 0.5) is 5.69 Å². The monoisotopic (exact) mass is 1430 g/mol. The molecule has 8 heterocycles. The lowest BCUT2D eigenvalue weighted by atomic mass is 9.66. The fourth-order valence-corrected chi connectivity index (χ4v) is 16.0. The summed E-state index contributed by atoms with van der Waals surface area (Å²) >= 11 is 0. The van der Waals surface area contributed by atoms with E-state index in [0.29, 0.717) is 52.6 Å². The standard InChI is InChI=1S/C46H62N4O11.C29H32O13/c1-22(2)21-50-18-16-46(17-19-50)48-34-31-32-39(54)28(8)42-33(31)43(56)45(10,61-42)59-20-15-30(58-11)25(5)41(60-29(9)51)27(7)38(53)26(6)37(52)23(3)13-12-14-24(4)44(57)47-36(40(32)55)35(34)49-46;1-11-36-9-20-27(40-11)24(31)25(32)29(41-20)42-26-14-7-17-16(38-10-39-17)6-13(14)21(22-15(26)8-37-28(22)33)12-4-18(34-2)23(30)19(5-12)35-3/h12-15,20,22-23,25-27,30,37-38,41,48,52-55H,16-19,21H2,1-11H3;4-7,11,15,20-22,24-27,29-32H,8-10H2,1-3H3/b13-12+,20-15+,24-14-,47-36?;/t23-,25+,26+,27+,30-,37-,38+,41+,45-;11-,15+,20-,21-,22+,24-,25-,26-,27-,29+/m01/s1. The number of hydrogen-bond acceptors (Lipinski definition) is 27. The number of nitrogens with zero attached hydrogens (tertiary/aromatic N) is 3. The predicted octanol–water partition coefficient (Wildman–Crippen LogP) is 6.09. The van der Waals surface area contributed by atoms with E-state index in [9.17, 15) is 54.9 Å². The lowest BCUT2D eigenvalue weighted by Gasteiger charge is -2.47. The summed E-state index contributed by atoms with van der Waals surface area (Å²) in [4.78, 5) is 66.3. The van der Waals surface area contributed by atoms with Crippen molar-refractivity contribution in [3.05, 3.63) is 98.9 Å². The Morgan fingerprint density at radius 1 is 0.786 bits per heavy atom. The number of methoxy groups -OCH3 is 3. The third-order valence-corrected chi connectivity index (χ3v) is 21.7. The molecule has 9 aliphatic rings. The zero-order valence-corrected chi connectivity index (χ0v) is 60.2. The molecule has 0 aromatic heterocycles. The van der Waals surface area contributed by atoms with Gasteiger partial charge < -0.3 is 108 Å². The van der Waals surface area contributed by atoms with Crippen molar-refractivity contribution in [3.8, 4) is 46.0 Å². The largest absolute Gasteiger partial charge is 0.507 e. The second-order valence-electron chi connectivity index (χ2n) is 29.0. The number of hydrogen-bond donors (Lipinski definition) is 8. The number of piperidine rings is 1. The number of Topliss-reactive ketones (excluding diaryl/α,β-unsaturated/α-hetero) is 1. The molecule has 103 heavy (non-hydrogen) atoms. The number of aliphatic hydroxyl groups excluding tert-OH is 4. The van der Waals surface area contributed by atoms with Crippen molar-refractivity contribution < 1.29 is 117 Å². The van der Waals surface area contributed by atoms with E-state index >= 15 is 0 Å². The summed E-state index contributed by atoms with van der Waals surface area (Å²) in [6.45, 7) is 21.5. The summed E-state index contributed by atoms with van der Waals surface area (Å²) in [6.07, 6.45) is -1.73.